The zero-order valence-corrected chi connectivity index (χ0v) is 18.3. The molecule has 4 aliphatic carbocycles. The second kappa shape index (κ2) is 7.68. The number of carbonyl (C=O) groups excluding carboxylic acids is 1. The highest BCUT2D eigenvalue weighted by Crippen LogP contribution is 2.57. The number of alkyl carbamates (subject to hydrolysis) is 1. The number of halogens is 1. The number of alkyl halides is 1. The zero-order chi connectivity index (χ0) is 22.6. The molecule has 0 radical (unpaired) electrons. The molecule has 4 fully saturated rings. The van der Waals surface area contributed by atoms with Crippen molar-refractivity contribution in [2.45, 2.75) is 62.4 Å². The predicted octanol–water partition coefficient (Wildman–Crippen LogP) is 3.21. The van der Waals surface area contributed by atoms with Crippen LogP contribution in [0.15, 0.2) is 24.5 Å². The Hall–Kier alpha value is -3.21. The van der Waals surface area contributed by atoms with Gasteiger partial charge in [0.2, 0.25) is 5.95 Å². The van der Waals surface area contributed by atoms with Gasteiger partial charge in [-0.2, -0.15) is 5.10 Å². The van der Waals surface area contributed by atoms with Crippen LogP contribution in [0.5, 0.6) is 0 Å². The molecule has 10 nitrogen and oxygen atoms in total. The van der Waals surface area contributed by atoms with Crippen LogP contribution in [0.2, 0.25) is 0 Å². The molecule has 0 saturated heterocycles. The summed E-state index contributed by atoms with van der Waals surface area (Å²) in [5.41, 5.74) is 2.10. The lowest BCUT2D eigenvalue weighted by Crippen LogP contribution is -2.68. The van der Waals surface area contributed by atoms with Crippen LogP contribution < -0.4 is 10.6 Å². The molecule has 33 heavy (non-hydrogen) atoms. The minimum atomic E-state index is -1.29. The average Bonchev–Trinajstić information content (AvgIpc) is 3.44. The molecule has 4 aliphatic rings. The van der Waals surface area contributed by atoms with Gasteiger partial charge in [-0.15, -0.1) is 0 Å². The normalized spacial score (nSPS) is 30.0. The summed E-state index contributed by atoms with van der Waals surface area (Å²) in [5, 5.41) is 13.3. The van der Waals surface area contributed by atoms with Gasteiger partial charge in [0.1, 0.15) is 17.9 Å². The molecule has 7 rings (SSSR count). The van der Waals surface area contributed by atoms with Crippen molar-refractivity contribution in [2.75, 3.05) is 12.4 Å². The van der Waals surface area contributed by atoms with Crippen LogP contribution in [-0.4, -0.2) is 55.6 Å². The topological polar surface area (TPSA) is 118 Å². The second-order valence-corrected chi connectivity index (χ2v) is 9.45. The molecule has 0 aliphatic heterocycles. The SMILES string of the molecule is COCc1cn2c(Nc3cc([C@H]4CC[C@@H](OC(=O)NC56CC(C5)C6)[C@H]4F)[nH]n3)nccc2n1. The molecule has 0 spiro atoms. The number of ether oxygens (including phenoxy) is 2. The number of nitrogens with zero attached hydrogens (tertiary/aromatic N) is 4. The van der Waals surface area contributed by atoms with Crippen LogP contribution in [0.25, 0.3) is 5.65 Å². The van der Waals surface area contributed by atoms with Gasteiger partial charge in [0, 0.05) is 42.7 Å². The molecule has 174 valence electrons. The number of aromatic nitrogens is 5. The molecule has 0 aromatic carbocycles. The fourth-order valence-corrected chi connectivity index (χ4v) is 5.37. The van der Waals surface area contributed by atoms with Crippen molar-refractivity contribution in [3.63, 3.8) is 0 Å². The number of hydrogen-bond donors (Lipinski definition) is 3. The Morgan fingerprint density at radius 1 is 1.36 bits per heavy atom. The van der Waals surface area contributed by atoms with Gasteiger partial charge in [-0.1, -0.05) is 0 Å². The van der Waals surface area contributed by atoms with Crippen LogP contribution in [0.3, 0.4) is 0 Å². The summed E-state index contributed by atoms with van der Waals surface area (Å²) in [6.45, 7) is 0.399. The maximum Gasteiger partial charge on any atom is 0.407 e. The minimum Gasteiger partial charge on any atom is -0.443 e. The molecule has 3 N–H and O–H groups in total. The van der Waals surface area contributed by atoms with E-state index in [2.05, 4.69) is 30.8 Å². The Morgan fingerprint density at radius 3 is 2.97 bits per heavy atom. The van der Waals surface area contributed by atoms with E-state index >= 15 is 4.39 Å². The second-order valence-electron chi connectivity index (χ2n) is 9.45. The first kappa shape index (κ1) is 20.4. The van der Waals surface area contributed by atoms with Crippen LogP contribution in [0, 0.1) is 5.92 Å². The van der Waals surface area contributed by atoms with Crippen LogP contribution in [0.1, 0.15) is 49.4 Å². The van der Waals surface area contributed by atoms with E-state index in [0.29, 0.717) is 36.9 Å². The minimum absolute atomic E-state index is 0.0774. The molecule has 11 heteroatoms. The number of hydrogen-bond acceptors (Lipinski definition) is 7. The maximum atomic E-state index is 15.1. The number of rotatable bonds is 7. The standard InChI is InChI=1S/C22H26FN7O3/c1-32-11-13-10-30-18(25-13)4-5-24-20(30)26-17-6-15(28-29-17)14-2-3-16(19(14)23)33-21(31)27-22-7-12(8-22)9-22/h4-6,10,12,14,16,19H,2-3,7-9,11H2,1H3,(H,27,31)(H2,24,26,28,29)/t12?,14-,16-,19+,22?/m1/s1. The van der Waals surface area contributed by atoms with Gasteiger partial charge in [0.15, 0.2) is 5.82 Å². The lowest BCUT2D eigenvalue weighted by Gasteiger charge is -2.61. The molecule has 3 aromatic heterocycles. The Labute approximate surface area is 189 Å². The zero-order valence-electron chi connectivity index (χ0n) is 18.3. The van der Waals surface area contributed by atoms with Gasteiger partial charge < -0.3 is 20.1 Å². The van der Waals surface area contributed by atoms with E-state index in [1.165, 1.54) is 0 Å². The van der Waals surface area contributed by atoms with E-state index in [1.807, 2.05) is 10.6 Å². The van der Waals surface area contributed by atoms with E-state index in [9.17, 15) is 4.79 Å². The summed E-state index contributed by atoms with van der Waals surface area (Å²) in [4.78, 5) is 21.1. The summed E-state index contributed by atoms with van der Waals surface area (Å²) < 4.78 is 27.5. The number of fused-ring (bicyclic) bond motifs is 1. The third-order valence-corrected chi connectivity index (χ3v) is 7.13. The molecular weight excluding hydrogens is 429 g/mol. The van der Waals surface area contributed by atoms with E-state index in [-0.39, 0.29) is 5.54 Å². The van der Waals surface area contributed by atoms with Crippen molar-refractivity contribution >= 4 is 23.5 Å². The summed E-state index contributed by atoms with van der Waals surface area (Å²) in [5.74, 6) is 1.40. The van der Waals surface area contributed by atoms with Crippen molar-refractivity contribution in [1.82, 2.24) is 29.9 Å². The largest absolute Gasteiger partial charge is 0.443 e. The molecule has 0 unspecified atom stereocenters. The Bertz CT molecular complexity index is 1180. The number of anilines is 2. The smallest absolute Gasteiger partial charge is 0.407 e. The number of methoxy groups -OCH3 is 1. The third-order valence-electron chi connectivity index (χ3n) is 7.13. The van der Waals surface area contributed by atoms with Crippen LogP contribution in [0.4, 0.5) is 21.0 Å². The Kier molecular flexibility index (Phi) is 4.75. The molecule has 2 bridgehead atoms. The molecule has 4 saturated carbocycles. The summed E-state index contributed by atoms with van der Waals surface area (Å²) in [6, 6.07) is 3.58. The number of imidazole rings is 1. The van der Waals surface area contributed by atoms with Crippen molar-refractivity contribution < 1.29 is 18.7 Å². The van der Waals surface area contributed by atoms with Crippen LogP contribution >= 0.6 is 0 Å². The highest BCUT2D eigenvalue weighted by Gasteiger charge is 2.58. The summed E-state index contributed by atoms with van der Waals surface area (Å²) >= 11 is 0. The van der Waals surface area contributed by atoms with Gasteiger partial charge in [-0.05, 0) is 44.1 Å². The lowest BCUT2D eigenvalue weighted by molar-refractivity contribution is -0.0532. The van der Waals surface area contributed by atoms with Gasteiger partial charge >= 0.3 is 6.09 Å². The quantitative estimate of drug-likeness (QED) is 0.501. The molecule has 1 amide bonds. The van der Waals surface area contributed by atoms with Gasteiger partial charge in [-0.3, -0.25) is 9.50 Å². The number of aromatic amines is 1. The fraction of sp³-hybridized carbons (Fsp3) is 0.545. The fourth-order valence-electron chi connectivity index (χ4n) is 5.37. The van der Waals surface area contributed by atoms with Gasteiger partial charge in [0.05, 0.1) is 12.3 Å². The molecule has 3 heterocycles. The lowest BCUT2D eigenvalue weighted by atomic mass is 9.50. The summed E-state index contributed by atoms with van der Waals surface area (Å²) in [6.07, 6.45) is 5.08. The maximum absolute atomic E-state index is 15.1. The Balaban J connectivity index is 1.11. The molecule has 3 atom stereocenters. The Morgan fingerprint density at radius 2 is 2.21 bits per heavy atom. The monoisotopic (exact) mass is 455 g/mol. The van der Waals surface area contributed by atoms with E-state index in [4.69, 9.17) is 9.47 Å². The number of carbonyl (C=O) groups is 1. The highest BCUT2D eigenvalue weighted by molar-refractivity contribution is 5.69. The third kappa shape index (κ3) is 3.60. The van der Waals surface area contributed by atoms with Crippen molar-refractivity contribution in [3.8, 4) is 0 Å². The van der Waals surface area contributed by atoms with Gasteiger partial charge in [-0.25, -0.2) is 19.2 Å². The highest BCUT2D eigenvalue weighted by atomic mass is 19.1. The first-order valence-corrected chi connectivity index (χ1v) is 11.3. The average molecular weight is 455 g/mol. The van der Waals surface area contributed by atoms with E-state index in [0.717, 1.165) is 36.5 Å². The first-order valence-electron chi connectivity index (χ1n) is 11.3. The summed E-state index contributed by atoms with van der Waals surface area (Å²) in [7, 11) is 1.62. The number of amides is 1. The van der Waals surface area contributed by atoms with Crippen molar-refractivity contribution in [2.24, 2.45) is 5.92 Å². The number of H-pyrrole nitrogens is 1. The molecular formula is C22H26FN7O3. The first-order chi connectivity index (χ1) is 16.0. The van der Waals surface area contributed by atoms with Crippen molar-refractivity contribution in [3.05, 3.63) is 35.9 Å². The van der Waals surface area contributed by atoms with E-state index < -0.39 is 24.3 Å². The number of nitrogens with one attached hydrogen (secondary N) is 3. The molecule has 3 aromatic rings. The van der Waals surface area contributed by atoms with E-state index in [1.54, 1.807) is 25.4 Å². The van der Waals surface area contributed by atoms with Gasteiger partial charge in [0.25, 0.3) is 0 Å². The van der Waals surface area contributed by atoms with Crippen LogP contribution in [-0.2, 0) is 16.1 Å². The van der Waals surface area contributed by atoms with Crippen molar-refractivity contribution in [1.29, 1.82) is 0 Å². The predicted molar refractivity (Wildman–Crippen MR) is 116 cm³/mol.